The Labute approximate surface area is 215 Å². The van der Waals surface area contributed by atoms with Crippen LogP contribution in [-0.2, 0) is 39.8 Å². The average Bonchev–Trinajstić information content (AvgIpc) is 2.90. The summed E-state index contributed by atoms with van der Waals surface area (Å²) in [7, 11) is 0. The van der Waals surface area contributed by atoms with Crippen LogP contribution in [0, 0.1) is 6.92 Å². The van der Waals surface area contributed by atoms with E-state index in [1.807, 2.05) is 24.3 Å². The van der Waals surface area contributed by atoms with E-state index >= 15 is 0 Å². The quantitative estimate of drug-likeness (QED) is 0.222. The molecule has 1 heterocycles. The maximum Gasteiger partial charge on any atom is 0.305 e. The van der Waals surface area contributed by atoms with Crippen LogP contribution in [0.25, 0.3) is 11.4 Å². The molecule has 1 amide bonds. The number of nitrogens with zero attached hydrogens (tertiary/aromatic N) is 4. The van der Waals surface area contributed by atoms with Gasteiger partial charge in [-0.1, -0.05) is 24.3 Å². The summed E-state index contributed by atoms with van der Waals surface area (Å²) < 4.78 is 26.6. The summed E-state index contributed by atoms with van der Waals surface area (Å²) >= 11 is 0. The molecule has 2 N–H and O–H groups in total. The minimum absolute atomic E-state index is 0.0108. The number of amides is 1. The van der Waals surface area contributed by atoms with Gasteiger partial charge in [0.25, 0.3) is 0 Å². The summed E-state index contributed by atoms with van der Waals surface area (Å²) in [5.74, 6) is -0.00885. The zero-order chi connectivity index (χ0) is 26.6. The van der Waals surface area contributed by atoms with Crippen molar-refractivity contribution in [3.63, 3.8) is 0 Å². The van der Waals surface area contributed by atoms with Gasteiger partial charge in [-0.2, -0.15) is 0 Å². The summed E-state index contributed by atoms with van der Waals surface area (Å²) in [5.41, 5.74) is 1.76. The van der Waals surface area contributed by atoms with E-state index in [2.05, 4.69) is 25.7 Å². The number of hydrogen-bond acceptors (Lipinski definition) is 11. The molecule has 0 spiro atoms. The van der Waals surface area contributed by atoms with Crippen LogP contribution < -0.4 is 5.32 Å². The van der Waals surface area contributed by atoms with Crippen molar-refractivity contribution >= 4 is 11.9 Å². The Kier molecular flexibility index (Phi) is 15.5. The fraction of sp³-hybridized carbons (Fsp3) is 0.583. The van der Waals surface area contributed by atoms with Crippen LogP contribution in [0.4, 0.5) is 0 Å². The molecular formula is C24H35N5O8. The maximum atomic E-state index is 12.0. The van der Waals surface area contributed by atoms with Crippen molar-refractivity contribution in [3.8, 4) is 11.4 Å². The van der Waals surface area contributed by atoms with Crippen LogP contribution in [0.15, 0.2) is 24.3 Å². The molecule has 1 aromatic carbocycles. The summed E-state index contributed by atoms with van der Waals surface area (Å²) in [6.45, 7) is 5.92. The summed E-state index contributed by atoms with van der Waals surface area (Å²) in [4.78, 5) is 22.3. The third-order valence-corrected chi connectivity index (χ3v) is 4.70. The average molecular weight is 522 g/mol. The molecule has 37 heavy (non-hydrogen) atoms. The summed E-state index contributed by atoms with van der Waals surface area (Å²) in [6.07, 6.45) is 0.253. The number of carboxylic acids is 1. The second-order valence-electron chi connectivity index (χ2n) is 7.70. The van der Waals surface area contributed by atoms with Gasteiger partial charge < -0.3 is 34.1 Å². The van der Waals surface area contributed by atoms with Gasteiger partial charge in [-0.05, 0) is 12.5 Å². The van der Waals surface area contributed by atoms with Crippen molar-refractivity contribution < 1.29 is 38.4 Å². The molecule has 204 valence electrons. The van der Waals surface area contributed by atoms with E-state index in [4.69, 9.17) is 28.8 Å². The monoisotopic (exact) mass is 521 g/mol. The molecular weight excluding hydrogens is 486 g/mol. The van der Waals surface area contributed by atoms with Crippen LogP contribution in [0.5, 0.6) is 0 Å². The van der Waals surface area contributed by atoms with E-state index in [0.717, 1.165) is 11.1 Å². The molecule has 0 saturated heterocycles. The Hall–Kier alpha value is -3.10. The van der Waals surface area contributed by atoms with E-state index in [-0.39, 0.29) is 25.4 Å². The zero-order valence-corrected chi connectivity index (χ0v) is 21.1. The number of carbonyl (C=O) groups excluding carboxylic acids is 1. The van der Waals surface area contributed by atoms with Gasteiger partial charge in [0.05, 0.1) is 72.5 Å². The molecule has 2 aromatic rings. The standard InChI is InChI=1S/C24H35N5O8/c1-19-26-28-24(29-27-19)21-4-2-20(3-5-21)18-25-22(30)6-8-33-10-12-35-14-16-37-17-15-36-13-11-34-9-7-23(31)32/h2-5H,6-18H2,1H3,(H,25,30)(H,31,32). The predicted molar refractivity (Wildman–Crippen MR) is 131 cm³/mol. The minimum atomic E-state index is -0.882. The molecule has 0 aliphatic heterocycles. The van der Waals surface area contributed by atoms with Gasteiger partial charge in [-0.25, -0.2) is 0 Å². The van der Waals surface area contributed by atoms with E-state index in [1.54, 1.807) is 6.92 Å². The molecule has 13 heteroatoms. The molecule has 0 aliphatic rings. The summed E-state index contributed by atoms with van der Waals surface area (Å²) in [5, 5.41) is 27.1. The van der Waals surface area contributed by atoms with Crippen LogP contribution in [-0.4, -0.2) is 103 Å². The smallest absolute Gasteiger partial charge is 0.305 e. The Morgan fingerprint density at radius 2 is 1.16 bits per heavy atom. The number of ether oxygens (including phenoxy) is 5. The fourth-order valence-electron chi connectivity index (χ4n) is 2.76. The second-order valence-corrected chi connectivity index (χ2v) is 7.70. The van der Waals surface area contributed by atoms with Gasteiger partial charge in [0.2, 0.25) is 11.7 Å². The van der Waals surface area contributed by atoms with Crippen LogP contribution in [0.2, 0.25) is 0 Å². The minimum Gasteiger partial charge on any atom is -0.481 e. The van der Waals surface area contributed by atoms with Crippen LogP contribution >= 0.6 is 0 Å². The number of aryl methyl sites for hydroxylation is 1. The van der Waals surface area contributed by atoms with Gasteiger partial charge >= 0.3 is 5.97 Å². The van der Waals surface area contributed by atoms with E-state index in [1.165, 1.54) is 0 Å². The number of hydrogen-bond donors (Lipinski definition) is 2. The van der Waals surface area contributed by atoms with Crippen molar-refractivity contribution in [3.05, 3.63) is 35.7 Å². The van der Waals surface area contributed by atoms with Gasteiger partial charge in [-0.15, -0.1) is 20.4 Å². The fourth-order valence-corrected chi connectivity index (χ4v) is 2.76. The van der Waals surface area contributed by atoms with Crippen molar-refractivity contribution in [2.45, 2.75) is 26.3 Å². The SMILES string of the molecule is Cc1nnc(-c2ccc(CNC(=O)CCOCCOCCOCCOCCOCCC(=O)O)cc2)nn1. The van der Waals surface area contributed by atoms with Crippen molar-refractivity contribution in [1.82, 2.24) is 25.7 Å². The number of benzene rings is 1. The number of carboxylic acid groups (broad SMARTS) is 1. The van der Waals surface area contributed by atoms with Gasteiger partial charge in [0.15, 0.2) is 5.82 Å². The Morgan fingerprint density at radius 3 is 1.65 bits per heavy atom. The van der Waals surface area contributed by atoms with Crippen molar-refractivity contribution in [2.75, 3.05) is 66.1 Å². The van der Waals surface area contributed by atoms with Crippen LogP contribution in [0.1, 0.15) is 24.2 Å². The third-order valence-electron chi connectivity index (χ3n) is 4.70. The highest BCUT2D eigenvalue weighted by atomic mass is 16.6. The van der Waals surface area contributed by atoms with Gasteiger partial charge in [0.1, 0.15) is 0 Å². The highest BCUT2D eigenvalue weighted by Gasteiger charge is 2.05. The van der Waals surface area contributed by atoms with E-state index < -0.39 is 5.97 Å². The van der Waals surface area contributed by atoms with Gasteiger partial charge in [-0.3, -0.25) is 9.59 Å². The first-order chi connectivity index (χ1) is 18.0. The Morgan fingerprint density at radius 1 is 0.703 bits per heavy atom. The lowest BCUT2D eigenvalue weighted by molar-refractivity contribution is -0.138. The zero-order valence-electron chi connectivity index (χ0n) is 21.1. The maximum absolute atomic E-state index is 12.0. The number of aliphatic carboxylic acids is 1. The van der Waals surface area contributed by atoms with Crippen molar-refractivity contribution in [2.24, 2.45) is 0 Å². The molecule has 2 rings (SSSR count). The first-order valence-corrected chi connectivity index (χ1v) is 12.0. The first kappa shape index (κ1) is 30.1. The number of carbonyl (C=O) groups is 2. The lowest BCUT2D eigenvalue weighted by Gasteiger charge is -2.08. The lowest BCUT2D eigenvalue weighted by Crippen LogP contribution is -2.24. The molecule has 0 radical (unpaired) electrons. The highest BCUT2D eigenvalue weighted by Crippen LogP contribution is 2.13. The van der Waals surface area contributed by atoms with E-state index in [0.29, 0.717) is 77.7 Å². The lowest BCUT2D eigenvalue weighted by atomic mass is 10.1. The second kappa shape index (κ2) is 19.1. The molecule has 0 fully saturated rings. The van der Waals surface area contributed by atoms with E-state index in [9.17, 15) is 9.59 Å². The normalized spacial score (nSPS) is 10.9. The first-order valence-electron chi connectivity index (χ1n) is 12.0. The van der Waals surface area contributed by atoms with Crippen LogP contribution in [0.3, 0.4) is 0 Å². The Bertz CT molecular complexity index is 899. The number of aromatic nitrogens is 4. The van der Waals surface area contributed by atoms with Gasteiger partial charge in [0, 0.05) is 18.5 Å². The molecule has 0 bridgehead atoms. The summed E-state index contributed by atoms with van der Waals surface area (Å²) in [6, 6.07) is 7.52. The molecule has 0 aliphatic carbocycles. The molecule has 0 atom stereocenters. The molecule has 0 unspecified atom stereocenters. The molecule has 1 aromatic heterocycles. The van der Waals surface area contributed by atoms with Crippen molar-refractivity contribution in [1.29, 1.82) is 0 Å². The molecule has 0 saturated carbocycles. The highest BCUT2D eigenvalue weighted by molar-refractivity contribution is 5.76. The topological polar surface area (TPSA) is 164 Å². The number of nitrogens with one attached hydrogen (secondary N) is 1. The predicted octanol–water partition coefficient (Wildman–Crippen LogP) is 0.806. The third kappa shape index (κ3) is 14.9. The largest absolute Gasteiger partial charge is 0.481 e. The molecule has 13 nitrogen and oxygen atoms in total. The Balaban J connectivity index is 1.36. The number of rotatable bonds is 21.